The minimum Gasteiger partial charge on any atom is -0.456 e. The van der Waals surface area contributed by atoms with Crippen LogP contribution >= 0.6 is 39.1 Å². The van der Waals surface area contributed by atoms with Crippen molar-refractivity contribution >= 4 is 45.1 Å². The molecule has 0 amide bonds. The van der Waals surface area contributed by atoms with Crippen LogP contribution in [0.25, 0.3) is 0 Å². The molecule has 16 heavy (non-hydrogen) atoms. The van der Waals surface area contributed by atoms with Crippen molar-refractivity contribution in [3.05, 3.63) is 32.2 Å². The third-order valence-electron chi connectivity index (χ3n) is 1.61. The van der Waals surface area contributed by atoms with E-state index in [1.807, 2.05) is 0 Å². The van der Waals surface area contributed by atoms with E-state index >= 15 is 0 Å². The summed E-state index contributed by atoms with van der Waals surface area (Å²) in [7, 11) is 0. The monoisotopic (exact) mass is 324 g/mol. The Balaban J connectivity index is 3.10. The first-order valence-corrected chi connectivity index (χ1v) is 6.13. The van der Waals surface area contributed by atoms with Crippen LogP contribution in [0.2, 0.25) is 10.0 Å². The number of ether oxygens (including phenoxy) is 1. The molecule has 0 bridgehead atoms. The highest BCUT2D eigenvalue weighted by Gasteiger charge is 2.22. The fraction of sp³-hybridized carbons (Fsp3) is 0.364. The number of hydrogen-bond donors (Lipinski definition) is 0. The SMILES string of the molecule is CC(C)(C)OC(=O)c1c(Cl)cc(Br)cc1Cl. The Kier molecular flexibility index (Phi) is 4.27. The maximum absolute atomic E-state index is 11.8. The predicted molar refractivity (Wildman–Crippen MR) is 69.3 cm³/mol. The van der Waals surface area contributed by atoms with Crippen LogP contribution in [0.15, 0.2) is 16.6 Å². The summed E-state index contributed by atoms with van der Waals surface area (Å²) in [6, 6.07) is 3.21. The molecule has 0 saturated heterocycles. The van der Waals surface area contributed by atoms with Crippen LogP contribution in [0.5, 0.6) is 0 Å². The second-order valence-electron chi connectivity index (χ2n) is 4.25. The molecule has 0 aliphatic heterocycles. The van der Waals surface area contributed by atoms with Crippen molar-refractivity contribution in [3.8, 4) is 0 Å². The Morgan fingerprint density at radius 1 is 1.25 bits per heavy atom. The summed E-state index contributed by atoms with van der Waals surface area (Å²) >= 11 is 15.1. The zero-order valence-corrected chi connectivity index (χ0v) is 12.2. The van der Waals surface area contributed by atoms with E-state index in [1.165, 1.54) is 0 Å². The van der Waals surface area contributed by atoms with Gasteiger partial charge in [0, 0.05) is 4.47 Å². The van der Waals surface area contributed by atoms with Crippen molar-refractivity contribution in [1.29, 1.82) is 0 Å². The van der Waals surface area contributed by atoms with E-state index in [-0.39, 0.29) is 15.6 Å². The zero-order valence-electron chi connectivity index (χ0n) is 9.11. The Labute approximate surface area is 113 Å². The van der Waals surface area contributed by atoms with E-state index in [0.29, 0.717) is 0 Å². The molecule has 1 aromatic rings. The van der Waals surface area contributed by atoms with Crippen LogP contribution in [0.1, 0.15) is 31.1 Å². The summed E-state index contributed by atoms with van der Waals surface area (Å²) in [5.41, 5.74) is -0.377. The summed E-state index contributed by atoms with van der Waals surface area (Å²) < 4.78 is 5.92. The normalized spacial score (nSPS) is 11.4. The van der Waals surface area contributed by atoms with Crippen molar-refractivity contribution in [2.45, 2.75) is 26.4 Å². The summed E-state index contributed by atoms with van der Waals surface area (Å²) in [6.45, 7) is 5.35. The quantitative estimate of drug-likeness (QED) is 0.699. The van der Waals surface area contributed by atoms with Gasteiger partial charge in [-0.3, -0.25) is 0 Å². The molecule has 0 atom stereocenters. The van der Waals surface area contributed by atoms with Gasteiger partial charge in [0.25, 0.3) is 0 Å². The van der Waals surface area contributed by atoms with Gasteiger partial charge >= 0.3 is 5.97 Å². The maximum Gasteiger partial charge on any atom is 0.341 e. The van der Waals surface area contributed by atoms with Crippen LogP contribution in [-0.4, -0.2) is 11.6 Å². The van der Waals surface area contributed by atoms with Gasteiger partial charge in [0.1, 0.15) is 5.60 Å². The molecule has 0 saturated carbocycles. The highest BCUT2D eigenvalue weighted by molar-refractivity contribution is 9.10. The second-order valence-corrected chi connectivity index (χ2v) is 5.98. The molecule has 0 aromatic heterocycles. The van der Waals surface area contributed by atoms with E-state index in [4.69, 9.17) is 27.9 Å². The van der Waals surface area contributed by atoms with Crippen LogP contribution < -0.4 is 0 Å². The molecule has 0 fully saturated rings. The van der Waals surface area contributed by atoms with Crippen molar-refractivity contribution < 1.29 is 9.53 Å². The first kappa shape index (κ1) is 13.8. The molecule has 0 aliphatic rings. The topological polar surface area (TPSA) is 26.3 Å². The predicted octanol–water partition coefficient (Wildman–Crippen LogP) is 4.71. The minimum atomic E-state index is -0.573. The molecule has 0 N–H and O–H groups in total. The van der Waals surface area contributed by atoms with Gasteiger partial charge in [-0.1, -0.05) is 39.1 Å². The molecular formula is C11H11BrCl2O2. The minimum absolute atomic E-state index is 0.196. The molecule has 0 heterocycles. The van der Waals surface area contributed by atoms with Crippen molar-refractivity contribution in [1.82, 2.24) is 0 Å². The number of benzene rings is 1. The molecule has 0 spiro atoms. The van der Waals surface area contributed by atoms with Gasteiger partial charge in [-0.2, -0.15) is 0 Å². The first-order chi connectivity index (χ1) is 7.20. The lowest BCUT2D eigenvalue weighted by Gasteiger charge is -2.20. The van der Waals surface area contributed by atoms with E-state index < -0.39 is 11.6 Å². The Morgan fingerprint density at radius 2 is 1.69 bits per heavy atom. The van der Waals surface area contributed by atoms with Gasteiger partial charge < -0.3 is 4.74 Å². The lowest BCUT2D eigenvalue weighted by atomic mass is 10.1. The molecule has 0 aliphatic carbocycles. The number of carbonyl (C=O) groups excluding carboxylic acids is 1. The Morgan fingerprint density at radius 3 is 2.06 bits per heavy atom. The lowest BCUT2D eigenvalue weighted by molar-refractivity contribution is 0.00700. The zero-order chi connectivity index (χ0) is 12.5. The number of hydrogen-bond acceptors (Lipinski definition) is 2. The van der Waals surface area contributed by atoms with Crippen LogP contribution in [0.3, 0.4) is 0 Å². The number of carbonyl (C=O) groups is 1. The second kappa shape index (κ2) is 4.94. The summed E-state index contributed by atoms with van der Waals surface area (Å²) in [6.07, 6.45) is 0. The van der Waals surface area contributed by atoms with Gasteiger partial charge in [0.15, 0.2) is 0 Å². The molecule has 5 heteroatoms. The largest absolute Gasteiger partial charge is 0.456 e. The molecule has 0 radical (unpaired) electrons. The smallest absolute Gasteiger partial charge is 0.341 e. The van der Waals surface area contributed by atoms with E-state index in [2.05, 4.69) is 15.9 Å². The van der Waals surface area contributed by atoms with Crippen molar-refractivity contribution in [2.24, 2.45) is 0 Å². The third kappa shape index (κ3) is 3.65. The summed E-state index contributed by atoms with van der Waals surface area (Å²) in [5.74, 6) is -0.519. The number of esters is 1. The third-order valence-corrected chi connectivity index (χ3v) is 2.66. The molecule has 88 valence electrons. The average Bonchev–Trinajstić information content (AvgIpc) is 1.96. The van der Waals surface area contributed by atoms with Gasteiger partial charge in [0.2, 0.25) is 0 Å². The first-order valence-electron chi connectivity index (χ1n) is 4.58. The highest BCUT2D eigenvalue weighted by atomic mass is 79.9. The molecule has 1 aromatic carbocycles. The van der Waals surface area contributed by atoms with Gasteiger partial charge in [-0.05, 0) is 32.9 Å². The summed E-state index contributed by atoms with van der Waals surface area (Å²) in [4.78, 5) is 11.8. The molecule has 2 nitrogen and oxygen atoms in total. The molecule has 0 unspecified atom stereocenters. The summed E-state index contributed by atoms with van der Waals surface area (Å²) in [5, 5.41) is 0.544. The maximum atomic E-state index is 11.8. The molecule has 1 rings (SSSR count). The van der Waals surface area contributed by atoms with Crippen LogP contribution in [0, 0.1) is 0 Å². The standard InChI is InChI=1S/C11H11BrCl2O2/c1-11(2,3)16-10(15)9-7(13)4-6(12)5-8(9)14/h4-5H,1-3H3. The van der Waals surface area contributed by atoms with Crippen molar-refractivity contribution in [3.63, 3.8) is 0 Å². The fourth-order valence-corrected chi connectivity index (χ4v) is 2.43. The highest BCUT2D eigenvalue weighted by Crippen LogP contribution is 2.30. The van der Waals surface area contributed by atoms with Gasteiger partial charge in [-0.15, -0.1) is 0 Å². The van der Waals surface area contributed by atoms with Crippen molar-refractivity contribution in [2.75, 3.05) is 0 Å². The van der Waals surface area contributed by atoms with E-state index in [1.54, 1.807) is 32.9 Å². The van der Waals surface area contributed by atoms with E-state index in [9.17, 15) is 4.79 Å². The Bertz CT molecular complexity index is 401. The Hall–Kier alpha value is -0.250. The average molecular weight is 326 g/mol. The lowest BCUT2D eigenvalue weighted by Crippen LogP contribution is -2.24. The van der Waals surface area contributed by atoms with Crippen LogP contribution in [0.4, 0.5) is 0 Å². The van der Waals surface area contributed by atoms with Gasteiger partial charge in [-0.25, -0.2) is 4.79 Å². The fourth-order valence-electron chi connectivity index (χ4n) is 1.07. The number of rotatable bonds is 1. The van der Waals surface area contributed by atoms with Crippen LogP contribution in [-0.2, 0) is 4.74 Å². The van der Waals surface area contributed by atoms with Gasteiger partial charge in [0.05, 0.1) is 15.6 Å². The molecular weight excluding hydrogens is 315 g/mol. The number of halogens is 3. The van der Waals surface area contributed by atoms with E-state index in [0.717, 1.165) is 4.47 Å².